The van der Waals surface area contributed by atoms with Gasteiger partial charge in [-0.15, -0.1) is 6.58 Å². The van der Waals surface area contributed by atoms with Crippen LogP contribution in [0, 0.1) is 0 Å². The minimum absolute atomic E-state index is 0.0813. The van der Waals surface area contributed by atoms with Gasteiger partial charge in [0.05, 0.1) is 0 Å². The number of urea groups is 1. The highest BCUT2D eigenvalue weighted by atomic mass is 16.2. The lowest BCUT2D eigenvalue weighted by molar-refractivity contribution is 0.174. The Bertz CT molecular complexity index is 534. The first-order valence-corrected chi connectivity index (χ1v) is 8.81. The van der Waals surface area contributed by atoms with Crippen molar-refractivity contribution in [2.45, 2.75) is 18.9 Å². The second-order valence-electron chi connectivity index (χ2n) is 6.48. The highest BCUT2D eigenvalue weighted by Gasteiger charge is 2.25. The molecule has 0 aliphatic carbocycles. The number of pyridine rings is 1. The van der Waals surface area contributed by atoms with E-state index in [1.54, 1.807) is 0 Å². The number of nitrogens with zero attached hydrogens (tertiary/aromatic N) is 4. The first-order chi connectivity index (χ1) is 11.8. The average molecular weight is 329 g/mol. The van der Waals surface area contributed by atoms with Gasteiger partial charge in [0.1, 0.15) is 5.82 Å². The van der Waals surface area contributed by atoms with E-state index < -0.39 is 0 Å². The van der Waals surface area contributed by atoms with Crippen LogP contribution in [0.3, 0.4) is 0 Å². The monoisotopic (exact) mass is 329 g/mol. The molecule has 1 aromatic rings. The fraction of sp³-hybridized carbons (Fsp3) is 0.556. The van der Waals surface area contributed by atoms with Crippen molar-refractivity contribution < 1.29 is 4.79 Å². The van der Waals surface area contributed by atoms with Crippen LogP contribution in [0.25, 0.3) is 0 Å². The first kappa shape index (κ1) is 16.8. The molecule has 0 unspecified atom stereocenters. The van der Waals surface area contributed by atoms with Crippen LogP contribution in [0.5, 0.6) is 0 Å². The third-order valence-electron chi connectivity index (χ3n) is 4.84. The van der Waals surface area contributed by atoms with Gasteiger partial charge >= 0.3 is 6.03 Å². The summed E-state index contributed by atoms with van der Waals surface area (Å²) in [5, 5.41) is 3.21. The Morgan fingerprint density at radius 1 is 1.21 bits per heavy atom. The molecule has 2 aliphatic heterocycles. The van der Waals surface area contributed by atoms with Gasteiger partial charge in [0, 0.05) is 58.1 Å². The number of piperidine rings is 1. The van der Waals surface area contributed by atoms with E-state index in [1.165, 1.54) is 0 Å². The van der Waals surface area contributed by atoms with Crippen LogP contribution in [-0.4, -0.2) is 72.7 Å². The number of rotatable bonds is 4. The number of carbonyl (C=O) groups excluding carboxylic acids is 1. The Kier molecular flexibility index (Phi) is 5.69. The maximum atomic E-state index is 12.5. The van der Waals surface area contributed by atoms with E-state index in [-0.39, 0.29) is 6.03 Å². The lowest BCUT2D eigenvalue weighted by atomic mass is 10.1. The predicted octanol–water partition coefficient (Wildman–Crippen LogP) is 1.56. The Morgan fingerprint density at radius 2 is 1.96 bits per heavy atom. The molecule has 0 atom stereocenters. The van der Waals surface area contributed by atoms with Gasteiger partial charge in [-0.3, -0.25) is 4.90 Å². The van der Waals surface area contributed by atoms with E-state index in [1.807, 2.05) is 35.4 Å². The molecule has 6 nitrogen and oxygen atoms in total. The van der Waals surface area contributed by atoms with E-state index in [9.17, 15) is 4.79 Å². The molecule has 6 heteroatoms. The summed E-state index contributed by atoms with van der Waals surface area (Å²) >= 11 is 0. The van der Waals surface area contributed by atoms with Crippen molar-refractivity contribution in [3.8, 4) is 0 Å². The van der Waals surface area contributed by atoms with Crippen LogP contribution < -0.4 is 10.2 Å². The Morgan fingerprint density at radius 3 is 2.58 bits per heavy atom. The van der Waals surface area contributed by atoms with Crippen LogP contribution in [0.4, 0.5) is 10.6 Å². The minimum atomic E-state index is 0.0813. The lowest BCUT2D eigenvalue weighted by Gasteiger charge is -2.37. The molecule has 2 fully saturated rings. The van der Waals surface area contributed by atoms with E-state index >= 15 is 0 Å². The van der Waals surface area contributed by atoms with Crippen LogP contribution in [0.1, 0.15) is 12.8 Å². The van der Waals surface area contributed by atoms with Crippen molar-refractivity contribution in [2.75, 3.05) is 50.7 Å². The van der Waals surface area contributed by atoms with Crippen LogP contribution in [0.15, 0.2) is 37.1 Å². The summed E-state index contributed by atoms with van der Waals surface area (Å²) in [5.74, 6) is 0.993. The normalized spacial score (nSPS) is 20.0. The summed E-state index contributed by atoms with van der Waals surface area (Å²) in [7, 11) is 0. The van der Waals surface area contributed by atoms with E-state index in [0.29, 0.717) is 6.04 Å². The highest BCUT2D eigenvalue weighted by Crippen LogP contribution is 2.14. The van der Waals surface area contributed by atoms with Crippen molar-refractivity contribution >= 4 is 11.8 Å². The average Bonchev–Trinajstić information content (AvgIpc) is 2.64. The molecule has 3 rings (SSSR count). The molecule has 0 saturated carbocycles. The van der Waals surface area contributed by atoms with Crippen LogP contribution in [0.2, 0.25) is 0 Å². The zero-order chi connectivity index (χ0) is 16.8. The fourth-order valence-corrected chi connectivity index (χ4v) is 3.39. The van der Waals surface area contributed by atoms with Gasteiger partial charge in [0.2, 0.25) is 0 Å². The largest absolute Gasteiger partial charge is 0.353 e. The molecule has 0 bridgehead atoms. The maximum absolute atomic E-state index is 12.5. The topological polar surface area (TPSA) is 51.7 Å². The number of anilines is 1. The molecule has 1 N–H and O–H groups in total. The number of piperazine rings is 1. The van der Waals surface area contributed by atoms with Gasteiger partial charge in [-0.05, 0) is 25.0 Å². The summed E-state index contributed by atoms with van der Waals surface area (Å²) < 4.78 is 0. The number of likely N-dealkylation sites (tertiary alicyclic amines) is 1. The fourth-order valence-electron chi connectivity index (χ4n) is 3.39. The van der Waals surface area contributed by atoms with E-state index in [4.69, 9.17) is 0 Å². The lowest BCUT2D eigenvalue weighted by Crippen LogP contribution is -2.55. The Hall–Kier alpha value is -2.08. The van der Waals surface area contributed by atoms with Gasteiger partial charge in [-0.1, -0.05) is 12.1 Å². The molecule has 0 radical (unpaired) electrons. The van der Waals surface area contributed by atoms with Gasteiger partial charge in [0.25, 0.3) is 0 Å². The molecule has 2 aliphatic rings. The molecule has 24 heavy (non-hydrogen) atoms. The zero-order valence-electron chi connectivity index (χ0n) is 14.2. The van der Waals surface area contributed by atoms with Gasteiger partial charge in [-0.2, -0.15) is 0 Å². The number of nitrogens with one attached hydrogen (secondary N) is 1. The number of hydrogen-bond donors (Lipinski definition) is 1. The number of aromatic nitrogens is 1. The molecule has 0 spiro atoms. The Balaban J connectivity index is 1.42. The van der Waals surface area contributed by atoms with E-state index in [2.05, 4.69) is 26.7 Å². The van der Waals surface area contributed by atoms with E-state index in [0.717, 1.165) is 64.5 Å². The summed E-state index contributed by atoms with van der Waals surface area (Å²) in [6.07, 6.45) is 5.80. The van der Waals surface area contributed by atoms with Crippen molar-refractivity contribution in [3.05, 3.63) is 37.1 Å². The highest BCUT2D eigenvalue weighted by molar-refractivity contribution is 5.74. The summed E-state index contributed by atoms with van der Waals surface area (Å²) in [6.45, 7) is 9.96. The zero-order valence-corrected chi connectivity index (χ0v) is 14.2. The van der Waals surface area contributed by atoms with Gasteiger partial charge in [-0.25, -0.2) is 9.78 Å². The van der Waals surface area contributed by atoms with Crippen molar-refractivity contribution in [3.63, 3.8) is 0 Å². The smallest absolute Gasteiger partial charge is 0.317 e. The predicted molar refractivity (Wildman–Crippen MR) is 96.2 cm³/mol. The quantitative estimate of drug-likeness (QED) is 0.852. The standard InChI is InChI=1S/C18H27N5O/c1-2-9-21-10-6-16(7-11-21)20-18(24)23-14-12-22(13-15-23)17-5-3-4-8-19-17/h2-5,8,16H,1,6-7,9-15H2,(H,20,24). The summed E-state index contributed by atoms with van der Waals surface area (Å²) in [6, 6.07) is 6.32. The van der Waals surface area contributed by atoms with Crippen molar-refractivity contribution in [1.82, 2.24) is 20.1 Å². The second kappa shape index (κ2) is 8.15. The first-order valence-electron chi connectivity index (χ1n) is 8.81. The molecule has 2 saturated heterocycles. The van der Waals surface area contributed by atoms with Crippen LogP contribution >= 0.6 is 0 Å². The molecule has 3 heterocycles. The third kappa shape index (κ3) is 4.26. The van der Waals surface area contributed by atoms with Gasteiger partial charge < -0.3 is 15.1 Å². The Labute approximate surface area is 144 Å². The third-order valence-corrected chi connectivity index (χ3v) is 4.84. The minimum Gasteiger partial charge on any atom is -0.353 e. The molecule has 2 amide bonds. The SMILES string of the molecule is C=CCN1CCC(NC(=O)N2CCN(c3ccccn3)CC2)CC1. The number of amides is 2. The molecule has 1 aromatic heterocycles. The molecule has 0 aromatic carbocycles. The van der Waals surface area contributed by atoms with Gasteiger partial charge in [0.15, 0.2) is 0 Å². The second-order valence-corrected chi connectivity index (χ2v) is 6.48. The van der Waals surface area contributed by atoms with Crippen molar-refractivity contribution in [1.29, 1.82) is 0 Å². The molecular formula is C18H27N5O. The number of hydrogen-bond acceptors (Lipinski definition) is 4. The summed E-state index contributed by atoms with van der Waals surface area (Å²) in [4.78, 5) is 23.4. The summed E-state index contributed by atoms with van der Waals surface area (Å²) in [5.41, 5.74) is 0. The number of carbonyl (C=O) groups is 1. The molecule has 130 valence electrons. The van der Waals surface area contributed by atoms with Crippen molar-refractivity contribution in [2.24, 2.45) is 0 Å². The van der Waals surface area contributed by atoms with Crippen LogP contribution in [-0.2, 0) is 0 Å². The molecular weight excluding hydrogens is 302 g/mol. The maximum Gasteiger partial charge on any atom is 0.317 e.